The molecular weight excluding hydrogens is 341 g/mol. The van der Waals surface area contributed by atoms with Gasteiger partial charge in [0, 0.05) is 24.1 Å². The fraction of sp³-hybridized carbons (Fsp3) is 0.500. The first-order chi connectivity index (χ1) is 11.5. The van der Waals surface area contributed by atoms with Crippen molar-refractivity contribution in [3.05, 3.63) is 29.6 Å². The standard InChI is InChI=1S/C16H21F3N2O4/c1-9(6-20-15(25)14(24)16(2,3)7-22)21(8-23)13-5-11(18)10(17)4-12(13)19/h4-5,8-9,14,22,24H,6-7H2,1-3H3,(H,20,25)/t9-,14+/m1/s1. The zero-order valence-electron chi connectivity index (χ0n) is 14.1. The van der Waals surface area contributed by atoms with Gasteiger partial charge in [-0.2, -0.15) is 0 Å². The number of hydrogen-bond acceptors (Lipinski definition) is 4. The number of nitrogens with one attached hydrogen (secondary N) is 1. The predicted molar refractivity (Wildman–Crippen MR) is 84.2 cm³/mol. The molecule has 3 N–H and O–H groups in total. The fourth-order valence-electron chi connectivity index (χ4n) is 1.99. The molecule has 2 atom stereocenters. The third-order valence-electron chi connectivity index (χ3n) is 3.82. The Hall–Kier alpha value is -2.13. The lowest BCUT2D eigenvalue weighted by Gasteiger charge is -2.29. The van der Waals surface area contributed by atoms with E-state index in [9.17, 15) is 27.9 Å². The molecule has 0 aromatic heterocycles. The number of aliphatic hydroxyl groups excluding tert-OH is 2. The average Bonchev–Trinajstić information content (AvgIpc) is 2.56. The summed E-state index contributed by atoms with van der Waals surface area (Å²) >= 11 is 0. The fourth-order valence-corrected chi connectivity index (χ4v) is 1.99. The van der Waals surface area contributed by atoms with Gasteiger partial charge in [0.25, 0.3) is 0 Å². The second-order valence-corrected chi connectivity index (χ2v) is 6.37. The Morgan fingerprint density at radius 3 is 2.36 bits per heavy atom. The highest BCUT2D eigenvalue weighted by Crippen LogP contribution is 2.23. The number of carbonyl (C=O) groups is 2. The molecule has 25 heavy (non-hydrogen) atoms. The maximum Gasteiger partial charge on any atom is 0.249 e. The van der Waals surface area contributed by atoms with Crippen molar-refractivity contribution < 1.29 is 33.0 Å². The highest BCUT2D eigenvalue weighted by Gasteiger charge is 2.33. The molecule has 0 aliphatic heterocycles. The summed E-state index contributed by atoms with van der Waals surface area (Å²) in [5.74, 6) is -4.63. The average molecular weight is 362 g/mol. The van der Waals surface area contributed by atoms with Crippen LogP contribution in [0.2, 0.25) is 0 Å². The molecular formula is C16H21F3N2O4. The molecule has 6 nitrogen and oxygen atoms in total. The second kappa shape index (κ2) is 8.30. The van der Waals surface area contributed by atoms with E-state index in [1.165, 1.54) is 20.8 Å². The molecule has 0 bridgehead atoms. The molecule has 1 aromatic rings. The highest BCUT2D eigenvalue weighted by atomic mass is 19.2. The molecule has 0 heterocycles. The van der Waals surface area contributed by atoms with Gasteiger partial charge in [0.2, 0.25) is 12.3 Å². The van der Waals surface area contributed by atoms with Crippen molar-refractivity contribution in [2.45, 2.75) is 32.9 Å². The summed E-state index contributed by atoms with van der Waals surface area (Å²) in [7, 11) is 0. The molecule has 0 aliphatic carbocycles. The molecule has 0 saturated carbocycles. The van der Waals surface area contributed by atoms with Gasteiger partial charge in [-0.1, -0.05) is 13.8 Å². The van der Waals surface area contributed by atoms with Gasteiger partial charge < -0.3 is 20.4 Å². The number of aliphatic hydroxyl groups is 2. The van der Waals surface area contributed by atoms with Gasteiger partial charge in [-0.3, -0.25) is 9.59 Å². The Bertz CT molecular complexity index is 640. The van der Waals surface area contributed by atoms with Gasteiger partial charge in [-0.25, -0.2) is 13.2 Å². The smallest absolute Gasteiger partial charge is 0.249 e. The van der Waals surface area contributed by atoms with Crippen LogP contribution >= 0.6 is 0 Å². The summed E-state index contributed by atoms with van der Waals surface area (Å²) in [4.78, 5) is 23.9. The first kappa shape index (κ1) is 20.9. The summed E-state index contributed by atoms with van der Waals surface area (Å²) in [5, 5.41) is 21.4. The van der Waals surface area contributed by atoms with Crippen LogP contribution in [0.5, 0.6) is 0 Å². The van der Waals surface area contributed by atoms with Crippen LogP contribution in [0.1, 0.15) is 20.8 Å². The topological polar surface area (TPSA) is 89.9 Å². The summed E-state index contributed by atoms with van der Waals surface area (Å²) < 4.78 is 40.1. The van der Waals surface area contributed by atoms with Gasteiger partial charge in [-0.05, 0) is 6.92 Å². The van der Waals surface area contributed by atoms with Crippen LogP contribution in [0, 0.1) is 22.9 Å². The Labute approximate surface area is 143 Å². The van der Waals surface area contributed by atoms with Crippen molar-refractivity contribution in [3.63, 3.8) is 0 Å². The molecule has 1 aromatic carbocycles. The monoisotopic (exact) mass is 362 g/mol. The molecule has 9 heteroatoms. The van der Waals surface area contributed by atoms with Crippen molar-refractivity contribution in [2.75, 3.05) is 18.1 Å². The molecule has 140 valence electrons. The van der Waals surface area contributed by atoms with Crippen molar-refractivity contribution in [3.8, 4) is 0 Å². The lowest BCUT2D eigenvalue weighted by molar-refractivity contribution is -0.137. The zero-order valence-corrected chi connectivity index (χ0v) is 14.1. The van der Waals surface area contributed by atoms with Gasteiger partial charge in [0.1, 0.15) is 11.9 Å². The lowest BCUT2D eigenvalue weighted by atomic mass is 9.87. The van der Waals surface area contributed by atoms with E-state index in [1.807, 2.05) is 0 Å². The molecule has 2 amide bonds. The first-order valence-electron chi connectivity index (χ1n) is 7.50. The van der Waals surface area contributed by atoms with Crippen molar-refractivity contribution in [2.24, 2.45) is 5.41 Å². The zero-order chi connectivity index (χ0) is 19.4. The Morgan fingerprint density at radius 2 is 1.84 bits per heavy atom. The lowest BCUT2D eigenvalue weighted by Crippen LogP contribution is -2.49. The summed E-state index contributed by atoms with van der Waals surface area (Å²) in [5.41, 5.74) is -1.56. The minimum Gasteiger partial charge on any atom is -0.396 e. The molecule has 0 saturated heterocycles. The summed E-state index contributed by atoms with van der Waals surface area (Å²) in [6.45, 7) is 3.79. The maximum absolute atomic E-state index is 13.8. The third-order valence-corrected chi connectivity index (χ3v) is 3.82. The number of carbonyl (C=O) groups excluding carboxylic acids is 2. The van der Waals surface area contributed by atoms with E-state index < -0.39 is 53.2 Å². The van der Waals surface area contributed by atoms with Crippen LogP contribution in [0.25, 0.3) is 0 Å². The number of halogens is 3. The summed E-state index contributed by atoms with van der Waals surface area (Å²) in [6, 6.07) is 0.0476. The van der Waals surface area contributed by atoms with Crippen molar-refractivity contribution in [1.82, 2.24) is 5.32 Å². The Kier molecular flexibility index (Phi) is 6.95. The second-order valence-electron chi connectivity index (χ2n) is 6.37. The molecule has 1 rings (SSSR count). The predicted octanol–water partition coefficient (Wildman–Crippen LogP) is 0.951. The first-order valence-corrected chi connectivity index (χ1v) is 7.50. The van der Waals surface area contributed by atoms with E-state index in [0.717, 1.165) is 4.90 Å². The normalized spacial score (nSPS) is 13.9. The molecule has 0 unspecified atom stereocenters. The van der Waals surface area contributed by atoms with E-state index in [2.05, 4.69) is 5.32 Å². The number of nitrogens with zero attached hydrogens (tertiary/aromatic N) is 1. The van der Waals surface area contributed by atoms with Crippen LogP contribution in [-0.4, -0.2) is 47.8 Å². The van der Waals surface area contributed by atoms with Crippen LogP contribution in [0.4, 0.5) is 18.9 Å². The van der Waals surface area contributed by atoms with Crippen molar-refractivity contribution in [1.29, 1.82) is 0 Å². The maximum atomic E-state index is 13.8. The Balaban J connectivity index is 2.84. The molecule has 0 aliphatic rings. The number of amides is 2. The van der Waals surface area contributed by atoms with E-state index in [0.29, 0.717) is 12.1 Å². The Morgan fingerprint density at radius 1 is 1.28 bits per heavy atom. The number of anilines is 1. The number of rotatable bonds is 8. The van der Waals surface area contributed by atoms with Gasteiger partial charge >= 0.3 is 0 Å². The summed E-state index contributed by atoms with van der Waals surface area (Å²) in [6.07, 6.45) is -1.28. The molecule has 0 fully saturated rings. The van der Waals surface area contributed by atoms with E-state index in [-0.39, 0.29) is 13.0 Å². The van der Waals surface area contributed by atoms with Crippen molar-refractivity contribution >= 4 is 18.0 Å². The minimum atomic E-state index is -1.51. The number of benzene rings is 1. The van der Waals surface area contributed by atoms with Crippen LogP contribution in [0.3, 0.4) is 0 Å². The molecule has 0 spiro atoms. The number of hydrogen-bond donors (Lipinski definition) is 3. The molecule has 0 radical (unpaired) electrons. The van der Waals surface area contributed by atoms with Gasteiger partial charge in [-0.15, -0.1) is 0 Å². The van der Waals surface area contributed by atoms with E-state index in [1.54, 1.807) is 0 Å². The van der Waals surface area contributed by atoms with Crippen LogP contribution in [0.15, 0.2) is 12.1 Å². The largest absolute Gasteiger partial charge is 0.396 e. The van der Waals surface area contributed by atoms with Crippen LogP contribution < -0.4 is 10.2 Å². The van der Waals surface area contributed by atoms with E-state index in [4.69, 9.17) is 5.11 Å². The van der Waals surface area contributed by atoms with Gasteiger partial charge in [0.05, 0.1) is 18.3 Å². The quantitative estimate of drug-likeness (QED) is 0.475. The van der Waals surface area contributed by atoms with E-state index >= 15 is 0 Å². The minimum absolute atomic E-state index is 0.186. The highest BCUT2D eigenvalue weighted by molar-refractivity contribution is 5.82. The third kappa shape index (κ3) is 4.93. The van der Waals surface area contributed by atoms with Crippen LogP contribution in [-0.2, 0) is 9.59 Å². The van der Waals surface area contributed by atoms with Gasteiger partial charge in [0.15, 0.2) is 11.6 Å². The SMILES string of the molecule is C[C@H](CNC(=O)[C@H](O)C(C)(C)CO)N(C=O)c1cc(F)c(F)cc1F.